The van der Waals surface area contributed by atoms with Crippen molar-refractivity contribution in [2.75, 3.05) is 25.0 Å². The second-order valence-corrected chi connectivity index (χ2v) is 5.54. The standard InChI is InChI=1S/C16H25FN2/c1-19(16-10-5-7-14(17)13-16)12-6-11-18-15-8-3-2-4-9-15/h5,7,10,13,15,18H,2-4,6,8-9,11-12H2,1H3. The summed E-state index contributed by atoms with van der Waals surface area (Å²) in [6, 6.07) is 7.53. The first-order valence-corrected chi connectivity index (χ1v) is 7.46. The molecule has 3 heteroatoms. The van der Waals surface area contributed by atoms with E-state index in [4.69, 9.17) is 0 Å². The first-order chi connectivity index (χ1) is 9.25. The number of halogens is 1. The van der Waals surface area contributed by atoms with Gasteiger partial charge in [0.1, 0.15) is 5.82 Å². The normalized spacial score (nSPS) is 16.5. The van der Waals surface area contributed by atoms with Crippen LogP contribution in [0.5, 0.6) is 0 Å². The molecule has 2 rings (SSSR count). The highest BCUT2D eigenvalue weighted by atomic mass is 19.1. The second kappa shape index (κ2) is 7.49. The SMILES string of the molecule is CN(CCCNC1CCCCC1)c1cccc(F)c1. The van der Waals surface area contributed by atoms with Crippen LogP contribution in [0.15, 0.2) is 24.3 Å². The molecule has 0 unspecified atom stereocenters. The molecule has 0 aliphatic heterocycles. The number of hydrogen-bond donors (Lipinski definition) is 1. The molecule has 1 aliphatic rings. The van der Waals surface area contributed by atoms with Gasteiger partial charge in [0.15, 0.2) is 0 Å². The van der Waals surface area contributed by atoms with E-state index in [0.717, 1.165) is 31.2 Å². The Morgan fingerprint density at radius 1 is 1.26 bits per heavy atom. The molecule has 0 heterocycles. The van der Waals surface area contributed by atoms with Gasteiger partial charge < -0.3 is 10.2 Å². The molecule has 1 saturated carbocycles. The molecule has 19 heavy (non-hydrogen) atoms. The highest BCUT2D eigenvalue weighted by Crippen LogP contribution is 2.17. The van der Waals surface area contributed by atoms with Gasteiger partial charge in [-0.1, -0.05) is 25.3 Å². The van der Waals surface area contributed by atoms with E-state index < -0.39 is 0 Å². The molecule has 0 atom stereocenters. The third kappa shape index (κ3) is 4.83. The Hall–Kier alpha value is -1.09. The smallest absolute Gasteiger partial charge is 0.125 e. The third-order valence-corrected chi connectivity index (χ3v) is 3.96. The van der Waals surface area contributed by atoms with Crippen molar-refractivity contribution >= 4 is 5.69 Å². The van der Waals surface area contributed by atoms with E-state index in [1.807, 2.05) is 13.1 Å². The maximum atomic E-state index is 13.1. The van der Waals surface area contributed by atoms with Crippen molar-refractivity contribution in [3.05, 3.63) is 30.1 Å². The fraction of sp³-hybridized carbons (Fsp3) is 0.625. The summed E-state index contributed by atoms with van der Waals surface area (Å²) in [5.41, 5.74) is 0.956. The quantitative estimate of drug-likeness (QED) is 0.790. The summed E-state index contributed by atoms with van der Waals surface area (Å²) in [5.74, 6) is -0.162. The Balaban J connectivity index is 1.64. The minimum atomic E-state index is -0.162. The van der Waals surface area contributed by atoms with Gasteiger partial charge in [-0.2, -0.15) is 0 Å². The minimum absolute atomic E-state index is 0.162. The van der Waals surface area contributed by atoms with Crippen LogP contribution >= 0.6 is 0 Å². The van der Waals surface area contributed by atoms with Gasteiger partial charge in [-0.3, -0.25) is 0 Å². The fourth-order valence-corrected chi connectivity index (χ4v) is 2.77. The van der Waals surface area contributed by atoms with Crippen LogP contribution < -0.4 is 10.2 Å². The molecule has 0 saturated heterocycles. The molecular formula is C16H25FN2. The zero-order valence-electron chi connectivity index (χ0n) is 11.9. The summed E-state index contributed by atoms with van der Waals surface area (Å²) in [4.78, 5) is 2.12. The van der Waals surface area contributed by atoms with Crippen LogP contribution in [0.3, 0.4) is 0 Å². The molecule has 2 nitrogen and oxygen atoms in total. The summed E-state index contributed by atoms with van der Waals surface area (Å²) >= 11 is 0. The Morgan fingerprint density at radius 2 is 2.05 bits per heavy atom. The molecule has 1 fully saturated rings. The van der Waals surface area contributed by atoms with E-state index in [1.165, 1.54) is 38.2 Å². The number of nitrogens with one attached hydrogen (secondary N) is 1. The second-order valence-electron chi connectivity index (χ2n) is 5.54. The Kier molecular flexibility index (Phi) is 5.64. The molecule has 1 N–H and O–H groups in total. The lowest BCUT2D eigenvalue weighted by molar-refractivity contribution is 0.373. The van der Waals surface area contributed by atoms with E-state index in [0.29, 0.717) is 0 Å². The minimum Gasteiger partial charge on any atom is -0.374 e. The fourth-order valence-electron chi connectivity index (χ4n) is 2.77. The van der Waals surface area contributed by atoms with Gasteiger partial charge >= 0.3 is 0 Å². The van der Waals surface area contributed by atoms with Crippen molar-refractivity contribution in [3.8, 4) is 0 Å². The van der Waals surface area contributed by atoms with Crippen molar-refractivity contribution in [2.45, 2.75) is 44.6 Å². The predicted molar refractivity (Wildman–Crippen MR) is 79.2 cm³/mol. The average molecular weight is 264 g/mol. The monoisotopic (exact) mass is 264 g/mol. The van der Waals surface area contributed by atoms with Gasteiger partial charge in [0, 0.05) is 25.3 Å². The van der Waals surface area contributed by atoms with Crippen LogP contribution in [0.25, 0.3) is 0 Å². The molecule has 0 bridgehead atoms. The predicted octanol–water partition coefficient (Wildman–Crippen LogP) is 3.57. The topological polar surface area (TPSA) is 15.3 Å². The van der Waals surface area contributed by atoms with Crippen LogP contribution in [-0.2, 0) is 0 Å². The van der Waals surface area contributed by atoms with Gasteiger partial charge in [0.2, 0.25) is 0 Å². The van der Waals surface area contributed by atoms with Gasteiger partial charge in [0.25, 0.3) is 0 Å². The molecule has 106 valence electrons. The number of nitrogens with zero attached hydrogens (tertiary/aromatic N) is 1. The van der Waals surface area contributed by atoms with Crippen molar-refractivity contribution < 1.29 is 4.39 Å². The van der Waals surface area contributed by atoms with Gasteiger partial charge in [-0.15, -0.1) is 0 Å². The molecule has 0 radical (unpaired) electrons. The molecule has 1 aliphatic carbocycles. The van der Waals surface area contributed by atoms with E-state index in [2.05, 4.69) is 10.2 Å². The van der Waals surface area contributed by atoms with Crippen molar-refractivity contribution in [3.63, 3.8) is 0 Å². The van der Waals surface area contributed by atoms with E-state index in [-0.39, 0.29) is 5.82 Å². The maximum absolute atomic E-state index is 13.1. The molecule has 0 aromatic heterocycles. The summed E-state index contributed by atoms with van der Waals surface area (Å²) in [5, 5.41) is 3.64. The van der Waals surface area contributed by atoms with Crippen LogP contribution in [0.2, 0.25) is 0 Å². The van der Waals surface area contributed by atoms with Crippen molar-refractivity contribution in [2.24, 2.45) is 0 Å². The average Bonchev–Trinajstić information content (AvgIpc) is 2.44. The lowest BCUT2D eigenvalue weighted by atomic mass is 9.95. The maximum Gasteiger partial charge on any atom is 0.125 e. The highest BCUT2D eigenvalue weighted by Gasteiger charge is 2.11. The lowest BCUT2D eigenvalue weighted by Gasteiger charge is -2.24. The largest absolute Gasteiger partial charge is 0.374 e. The van der Waals surface area contributed by atoms with Crippen LogP contribution in [0.1, 0.15) is 38.5 Å². The zero-order chi connectivity index (χ0) is 13.5. The number of rotatable bonds is 6. The van der Waals surface area contributed by atoms with Crippen LogP contribution in [0.4, 0.5) is 10.1 Å². The van der Waals surface area contributed by atoms with Gasteiger partial charge in [-0.05, 0) is 44.0 Å². The Bertz CT molecular complexity index is 375. The van der Waals surface area contributed by atoms with E-state index in [1.54, 1.807) is 12.1 Å². The van der Waals surface area contributed by atoms with E-state index in [9.17, 15) is 4.39 Å². The number of anilines is 1. The van der Waals surface area contributed by atoms with Gasteiger partial charge in [-0.25, -0.2) is 4.39 Å². The highest BCUT2D eigenvalue weighted by molar-refractivity contribution is 5.45. The molecule has 0 spiro atoms. The van der Waals surface area contributed by atoms with Crippen LogP contribution in [-0.4, -0.2) is 26.2 Å². The van der Waals surface area contributed by atoms with Crippen LogP contribution in [0, 0.1) is 5.82 Å². The lowest BCUT2D eigenvalue weighted by Crippen LogP contribution is -2.33. The molecular weight excluding hydrogens is 239 g/mol. The molecule has 1 aromatic carbocycles. The molecule has 0 amide bonds. The number of benzene rings is 1. The van der Waals surface area contributed by atoms with Crippen molar-refractivity contribution in [1.82, 2.24) is 5.32 Å². The number of hydrogen-bond acceptors (Lipinski definition) is 2. The Morgan fingerprint density at radius 3 is 2.79 bits per heavy atom. The summed E-state index contributed by atoms with van der Waals surface area (Å²) in [7, 11) is 2.02. The summed E-state index contributed by atoms with van der Waals surface area (Å²) < 4.78 is 13.1. The third-order valence-electron chi connectivity index (χ3n) is 3.96. The molecule has 1 aromatic rings. The first-order valence-electron chi connectivity index (χ1n) is 7.46. The van der Waals surface area contributed by atoms with Gasteiger partial charge in [0.05, 0.1) is 0 Å². The van der Waals surface area contributed by atoms with E-state index >= 15 is 0 Å². The zero-order valence-corrected chi connectivity index (χ0v) is 11.9. The summed E-state index contributed by atoms with van der Waals surface area (Å²) in [6.45, 7) is 2.02. The van der Waals surface area contributed by atoms with Crippen molar-refractivity contribution in [1.29, 1.82) is 0 Å². The Labute approximate surface area is 116 Å². The summed E-state index contributed by atoms with van der Waals surface area (Å²) in [6.07, 6.45) is 7.92. The first kappa shape index (κ1) is 14.3.